The Hall–Kier alpha value is -1.62. The van der Waals surface area contributed by atoms with Gasteiger partial charge in [-0.3, -0.25) is 0 Å². The van der Waals surface area contributed by atoms with E-state index in [1.54, 1.807) is 7.11 Å². The molecule has 0 aromatic heterocycles. The molecule has 4 rings (SSSR count). The number of nitrogens with zero attached hydrogens (tertiary/aromatic N) is 1. The van der Waals surface area contributed by atoms with E-state index in [1.807, 2.05) is 13.8 Å². The van der Waals surface area contributed by atoms with Crippen LogP contribution in [0.15, 0.2) is 31.7 Å². The molecule has 0 atom stereocenters. The molecule has 2 saturated carbocycles. The Morgan fingerprint density at radius 3 is 2.27 bits per heavy atom. The summed E-state index contributed by atoms with van der Waals surface area (Å²) >= 11 is 2.94. The maximum atomic E-state index is 12.8. The highest BCUT2D eigenvalue weighted by atomic mass is 32.2. The highest BCUT2D eigenvalue weighted by Crippen LogP contribution is 2.57. The van der Waals surface area contributed by atoms with Crippen LogP contribution in [0.5, 0.6) is 5.75 Å². The maximum Gasteiger partial charge on any atom is 0.350 e. The molecule has 5 nitrogen and oxygen atoms in total. The maximum absolute atomic E-state index is 12.8. The number of ether oxygens (including phenoxy) is 3. The topological polar surface area (TPSA) is 68.5 Å². The van der Waals surface area contributed by atoms with Crippen molar-refractivity contribution in [3.8, 4) is 11.8 Å². The molecule has 1 aromatic rings. The van der Waals surface area contributed by atoms with Crippen molar-refractivity contribution in [2.24, 2.45) is 17.8 Å². The van der Waals surface area contributed by atoms with Crippen molar-refractivity contribution in [2.75, 3.05) is 13.7 Å². The zero-order chi connectivity index (χ0) is 26.6. The van der Waals surface area contributed by atoms with Gasteiger partial charge in [0.2, 0.25) is 0 Å². The molecule has 0 unspecified atom stereocenters. The molecule has 0 radical (unpaired) electrons. The van der Waals surface area contributed by atoms with Gasteiger partial charge in [0.15, 0.2) is 5.57 Å². The minimum Gasteiger partial charge on any atom is -0.489 e. The first kappa shape index (κ1) is 28.4. The summed E-state index contributed by atoms with van der Waals surface area (Å²) in [4.78, 5) is 14.8. The molecule has 2 fully saturated rings. The molecule has 37 heavy (non-hydrogen) atoms. The van der Waals surface area contributed by atoms with Gasteiger partial charge >= 0.3 is 5.97 Å². The molecule has 1 heterocycles. The Kier molecular flexibility index (Phi) is 9.58. The lowest BCUT2D eigenvalue weighted by Gasteiger charge is -2.37. The predicted octanol–water partition coefficient (Wildman–Crippen LogP) is 8.05. The van der Waals surface area contributed by atoms with E-state index < -0.39 is 5.97 Å². The number of carbonyl (C=O) groups is 1. The highest BCUT2D eigenvalue weighted by molar-refractivity contribution is 8.24. The number of fused-ring (bicyclic) bond motifs is 1. The molecular formula is C30H41NO4S2. The summed E-state index contributed by atoms with van der Waals surface area (Å²) in [7, 11) is 1.64. The van der Waals surface area contributed by atoms with Crippen molar-refractivity contribution in [3.63, 3.8) is 0 Å². The van der Waals surface area contributed by atoms with E-state index in [0.717, 1.165) is 51.7 Å². The van der Waals surface area contributed by atoms with Crippen molar-refractivity contribution in [2.45, 2.75) is 107 Å². The number of aryl methyl sites for hydroxylation is 1. The summed E-state index contributed by atoms with van der Waals surface area (Å²) in [6, 6.07) is 6.22. The molecule has 0 bridgehead atoms. The first-order valence-corrected chi connectivity index (χ1v) is 15.4. The van der Waals surface area contributed by atoms with Crippen molar-refractivity contribution < 1.29 is 19.0 Å². The number of benzene rings is 1. The quantitative estimate of drug-likeness (QED) is 0.187. The average Bonchev–Trinajstić information content (AvgIpc) is 3.33. The van der Waals surface area contributed by atoms with Gasteiger partial charge in [0.25, 0.3) is 0 Å². The van der Waals surface area contributed by atoms with Crippen LogP contribution in [-0.2, 0) is 14.3 Å². The number of methoxy groups -OCH3 is 1. The average molecular weight is 544 g/mol. The molecular weight excluding hydrogens is 502 g/mol. The van der Waals surface area contributed by atoms with Crippen molar-refractivity contribution in [1.82, 2.24) is 0 Å². The number of hydrogen-bond acceptors (Lipinski definition) is 7. The van der Waals surface area contributed by atoms with Crippen LogP contribution in [0.3, 0.4) is 0 Å². The van der Waals surface area contributed by atoms with Crippen molar-refractivity contribution in [3.05, 3.63) is 27.5 Å². The van der Waals surface area contributed by atoms with Crippen LogP contribution in [0, 0.1) is 36.0 Å². The highest BCUT2D eigenvalue weighted by Gasteiger charge is 2.33. The Balaban J connectivity index is 1.39. The van der Waals surface area contributed by atoms with E-state index in [0.29, 0.717) is 10.7 Å². The number of esters is 1. The molecule has 0 N–H and O–H groups in total. The Morgan fingerprint density at radius 2 is 1.65 bits per heavy atom. The summed E-state index contributed by atoms with van der Waals surface area (Å²) in [5.41, 5.74) is 0.803. The van der Waals surface area contributed by atoms with Crippen LogP contribution >= 0.6 is 23.5 Å². The van der Waals surface area contributed by atoms with Crippen LogP contribution in [0.4, 0.5) is 0 Å². The number of carbonyl (C=O) groups excluding carboxylic acids is 1. The second-order valence-corrected chi connectivity index (χ2v) is 13.8. The molecule has 202 valence electrons. The third-order valence-electron chi connectivity index (χ3n) is 8.41. The second kappa shape index (κ2) is 12.5. The zero-order valence-corrected chi connectivity index (χ0v) is 24.6. The minimum atomic E-state index is -0.576. The monoisotopic (exact) mass is 543 g/mol. The lowest BCUT2D eigenvalue weighted by atomic mass is 9.71. The Labute approximate surface area is 231 Å². The summed E-state index contributed by atoms with van der Waals surface area (Å²) in [5.74, 6) is 2.96. The van der Waals surface area contributed by atoms with Crippen LogP contribution < -0.4 is 4.74 Å². The van der Waals surface area contributed by atoms with E-state index in [2.05, 4.69) is 32.0 Å². The van der Waals surface area contributed by atoms with E-state index in [-0.39, 0.29) is 23.9 Å². The largest absolute Gasteiger partial charge is 0.489 e. The van der Waals surface area contributed by atoms with Gasteiger partial charge in [-0.05, 0) is 88.7 Å². The third kappa shape index (κ3) is 7.07. The van der Waals surface area contributed by atoms with Gasteiger partial charge in [0.05, 0.1) is 27.4 Å². The number of nitriles is 1. The number of rotatable bonds is 8. The second-order valence-electron chi connectivity index (χ2n) is 11.5. The standard InChI is InChI=1S/C30H41NO4S2/c1-19-6-9-21(10-7-19)22-11-13-23(14-12-22)35-25-15-8-20(2)26-27(25)37-29(36-26)24(18-31)28(32)34-17-16-30(3,4)33-5/h8,15,19,21-23H,6-7,9-14,16-17H2,1-5H3/b29-24+. The van der Waals surface area contributed by atoms with Gasteiger partial charge in [-0.1, -0.05) is 49.4 Å². The SMILES string of the molecule is COC(C)(C)CCOC(=O)/C(C#N)=C1\Sc2c(C)ccc(OC3CCC(C4CCC(C)CC4)CC3)c2S1. The molecule has 1 aromatic carbocycles. The third-order valence-corrected chi connectivity index (χ3v) is 11.2. The fourth-order valence-corrected chi connectivity index (χ4v) is 8.26. The van der Waals surface area contributed by atoms with Gasteiger partial charge in [-0.2, -0.15) is 5.26 Å². The predicted molar refractivity (Wildman–Crippen MR) is 150 cm³/mol. The van der Waals surface area contributed by atoms with Gasteiger partial charge < -0.3 is 14.2 Å². The molecule has 1 aliphatic heterocycles. The molecule has 0 saturated heterocycles. The Bertz CT molecular complexity index is 1040. The molecule has 0 amide bonds. The first-order chi connectivity index (χ1) is 17.7. The summed E-state index contributed by atoms with van der Waals surface area (Å²) < 4.78 is 18.1. The number of thioether (sulfide) groups is 2. The lowest BCUT2D eigenvalue weighted by Crippen LogP contribution is -2.29. The van der Waals surface area contributed by atoms with Gasteiger partial charge in [0.1, 0.15) is 11.8 Å². The van der Waals surface area contributed by atoms with Crippen LogP contribution in [0.25, 0.3) is 0 Å². The van der Waals surface area contributed by atoms with E-state index in [4.69, 9.17) is 14.2 Å². The van der Waals surface area contributed by atoms with Gasteiger partial charge in [-0.15, -0.1) is 0 Å². The summed E-state index contributed by atoms with van der Waals surface area (Å²) in [5, 5.41) is 9.80. The van der Waals surface area contributed by atoms with E-state index >= 15 is 0 Å². The fraction of sp³-hybridized carbons (Fsp3) is 0.667. The van der Waals surface area contributed by atoms with E-state index in [1.165, 1.54) is 62.0 Å². The van der Waals surface area contributed by atoms with Crippen molar-refractivity contribution >= 4 is 29.5 Å². The minimum absolute atomic E-state index is 0.0640. The van der Waals surface area contributed by atoms with Crippen LogP contribution in [-0.4, -0.2) is 31.4 Å². The van der Waals surface area contributed by atoms with Gasteiger partial charge in [-0.25, -0.2) is 4.79 Å². The zero-order valence-electron chi connectivity index (χ0n) is 22.9. The molecule has 2 aliphatic carbocycles. The van der Waals surface area contributed by atoms with Gasteiger partial charge in [0, 0.05) is 18.4 Å². The molecule has 7 heteroatoms. The van der Waals surface area contributed by atoms with E-state index in [9.17, 15) is 10.1 Å². The van der Waals surface area contributed by atoms with Crippen LogP contribution in [0.2, 0.25) is 0 Å². The fourth-order valence-electron chi connectivity index (χ4n) is 5.62. The Morgan fingerprint density at radius 1 is 1.03 bits per heavy atom. The van der Waals surface area contributed by atoms with Crippen molar-refractivity contribution in [1.29, 1.82) is 5.26 Å². The normalized spacial score (nSPS) is 27.2. The number of hydrogen-bond donors (Lipinski definition) is 0. The lowest BCUT2D eigenvalue weighted by molar-refractivity contribution is -0.140. The molecule has 0 spiro atoms. The summed E-state index contributed by atoms with van der Waals surface area (Å²) in [6.07, 6.45) is 11.1. The van der Waals surface area contributed by atoms with Crippen LogP contribution in [0.1, 0.15) is 84.1 Å². The smallest absolute Gasteiger partial charge is 0.350 e. The molecule has 3 aliphatic rings. The first-order valence-electron chi connectivity index (χ1n) is 13.7. The summed E-state index contributed by atoms with van der Waals surface area (Å²) in [6.45, 7) is 8.54.